The maximum atomic E-state index is 14.8. The molecule has 3 N–H and O–H groups in total. The summed E-state index contributed by atoms with van der Waals surface area (Å²) in [5, 5.41) is 6.62. The lowest BCUT2D eigenvalue weighted by Crippen LogP contribution is -2.58. The van der Waals surface area contributed by atoms with Gasteiger partial charge in [0.1, 0.15) is 29.2 Å². The van der Waals surface area contributed by atoms with Gasteiger partial charge in [-0.2, -0.15) is 0 Å². The zero-order valence-electron chi connectivity index (χ0n) is 32.1. The number of rotatable bonds is 10. The Balaban J connectivity index is 1.12. The SMILES string of the molecule is COc1ccc2c(O[C@@H]3C[C@H]4C(=O)N[C@]5(C(=O)NS(=O)(=O)C6CC6)C[C@@H]5/C=C\CCCCC[C@H](NCc5ccccc5)C(=O)N4C3)cc(-c3ccccc3)nc2c1. The molecule has 0 radical (unpaired) electrons. The quantitative estimate of drug-likeness (QED) is 0.179. The lowest BCUT2D eigenvalue weighted by molar-refractivity contribution is -0.141. The van der Waals surface area contributed by atoms with Crippen LogP contribution in [0.5, 0.6) is 11.5 Å². The maximum Gasteiger partial charge on any atom is 0.259 e. The van der Waals surface area contributed by atoms with E-state index in [4.69, 9.17) is 14.5 Å². The highest BCUT2D eigenvalue weighted by molar-refractivity contribution is 7.91. The number of carbonyl (C=O) groups is 3. The van der Waals surface area contributed by atoms with Crippen LogP contribution >= 0.6 is 0 Å². The molecule has 0 unspecified atom stereocenters. The van der Waals surface area contributed by atoms with Gasteiger partial charge in [0.15, 0.2) is 0 Å². The molecule has 298 valence electrons. The molecular weight excluding hydrogens is 743 g/mol. The van der Waals surface area contributed by atoms with Crippen LogP contribution in [0.4, 0.5) is 0 Å². The predicted octanol–water partition coefficient (Wildman–Crippen LogP) is 5.42. The first-order chi connectivity index (χ1) is 27.6. The van der Waals surface area contributed by atoms with E-state index in [9.17, 15) is 22.8 Å². The van der Waals surface area contributed by atoms with Crippen LogP contribution in [0, 0.1) is 5.92 Å². The molecule has 0 bridgehead atoms. The molecule has 4 aromatic rings. The van der Waals surface area contributed by atoms with E-state index in [-0.39, 0.29) is 31.2 Å². The molecule has 3 heterocycles. The molecule has 2 saturated carbocycles. The standard InChI is InChI=1S/C44H49N5O7S/c1-55-32-19-22-35-38(23-32)46-37(30-15-9-6-10-16-30)25-40(35)56-33-24-39-41(50)47-44(43(52)48-57(53,54)34-20-21-34)26-31(44)17-11-3-2-4-12-18-36(42(51)49(39)28-33)45-27-29-13-7-5-8-14-29/h5-11,13-17,19,22-23,25,31,33-34,36,39,45H,2-4,12,18,20-21,24,26-28H2,1H3,(H,47,50)(H,48,52)/b17-11-/t31-,33+,36-,39-,44+/m0/s1. The van der Waals surface area contributed by atoms with E-state index in [1.807, 2.05) is 97.1 Å². The smallest absolute Gasteiger partial charge is 0.259 e. The molecule has 4 aliphatic rings. The number of fused-ring (bicyclic) bond motifs is 3. The first kappa shape index (κ1) is 38.6. The number of hydrogen-bond donors (Lipinski definition) is 3. The number of benzene rings is 3. The van der Waals surface area contributed by atoms with Gasteiger partial charge < -0.3 is 25.0 Å². The van der Waals surface area contributed by atoms with Crippen LogP contribution in [0.3, 0.4) is 0 Å². The Morgan fingerprint density at radius 1 is 0.965 bits per heavy atom. The van der Waals surface area contributed by atoms with Crippen molar-refractivity contribution in [1.82, 2.24) is 25.2 Å². The van der Waals surface area contributed by atoms with Crippen LogP contribution in [-0.2, 0) is 31.0 Å². The zero-order valence-corrected chi connectivity index (χ0v) is 32.9. The number of amides is 3. The third-order valence-corrected chi connectivity index (χ3v) is 13.4. The van der Waals surface area contributed by atoms with Crippen LogP contribution in [0.1, 0.15) is 63.4 Å². The van der Waals surface area contributed by atoms with Crippen LogP contribution < -0.4 is 24.8 Å². The average molecular weight is 792 g/mol. The second-order valence-corrected chi connectivity index (χ2v) is 17.6. The van der Waals surface area contributed by atoms with Gasteiger partial charge in [-0.15, -0.1) is 0 Å². The van der Waals surface area contributed by atoms with E-state index >= 15 is 0 Å². The molecule has 3 fully saturated rings. The fourth-order valence-electron chi connectivity index (χ4n) is 8.08. The molecule has 2 aliphatic carbocycles. The van der Waals surface area contributed by atoms with Gasteiger partial charge in [0.05, 0.1) is 36.2 Å². The lowest BCUT2D eigenvalue weighted by Gasteiger charge is -2.30. The highest BCUT2D eigenvalue weighted by Crippen LogP contribution is 2.46. The number of carbonyl (C=O) groups excluding carboxylic acids is 3. The van der Waals surface area contributed by atoms with Crippen LogP contribution in [0.15, 0.2) is 97.1 Å². The van der Waals surface area contributed by atoms with Gasteiger partial charge in [-0.1, -0.05) is 85.7 Å². The second-order valence-electron chi connectivity index (χ2n) is 15.7. The van der Waals surface area contributed by atoms with Crippen molar-refractivity contribution in [2.24, 2.45) is 5.92 Å². The van der Waals surface area contributed by atoms with Gasteiger partial charge in [-0.3, -0.25) is 19.1 Å². The maximum absolute atomic E-state index is 14.8. The number of aromatic nitrogens is 1. The molecule has 2 aliphatic heterocycles. The Hall–Kier alpha value is -5.27. The van der Waals surface area contributed by atoms with Gasteiger partial charge in [0, 0.05) is 42.0 Å². The van der Waals surface area contributed by atoms with Crippen molar-refractivity contribution in [2.75, 3.05) is 13.7 Å². The highest BCUT2D eigenvalue weighted by atomic mass is 32.2. The minimum absolute atomic E-state index is 0.125. The Morgan fingerprint density at radius 3 is 2.49 bits per heavy atom. The summed E-state index contributed by atoms with van der Waals surface area (Å²) in [4.78, 5) is 49.7. The summed E-state index contributed by atoms with van der Waals surface area (Å²) >= 11 is 0. The fraction of sp³-hybridized carbons (Fsp3) is 0.409. The topological polar surface area (TPSA) is 156 Å². The van der Waals surface area contributed by atoms with Crippen molar-refractivity contribution in [1.29, 1.82) is 0 Å². The van der Waals surface area contributed by atoms with Crippen LogP contribution in [-0.4, -0.2) is 78.7 Å². The summed E-state index contributed by atoms with van der Waals surface area (Å²) in [6.45, 7) is 0.597. The second kappa shape index (κ2) is 16.3. The van der Waals surface area contributed by atoms with Crippen LogP contribution in [0.25, 0.3) is 22.2 Å². The van der Waals surface area contributed by atoms with Crippen molar-refractivity contribution in [3.63, 3.8) is 0 Å². The molecule has 1 saturated heterocycles. The normalized spacial score (nSPS) is 25.9. The molecule has 57 heavy (non-hydrogen) atoms. The van der Waals surface area contributed by atoms with Crippen molar-refractivity contribution in [2.45, 2.75) is 93.3 Å². The molecular formula is C44H49N5O7S. The van der Waals surface area contributed by atoms with E-state index in [2.05, 4.69) is 15.4 Å². The Labute approximate surface area is 333 Å². The molecule has 8 rings (SSSR count). The largest absolute Gasteiger partial charge is 0.497 e. The highest BCUT2D eigenvalue weighted by Gasteiger charge is 2.62. The summed E-state index contributed by atoms with van der Waals surface area (Å²) in [5.74, 6) is -0.660. The average Bonchev–Trinajstić information content (AvgIpc) is 4.15. The third kappa shape index (κ3) is 8.55. The lowest BCUT2D eigenvalue weighted by atomic mass is 10.0. The molecule has 5 atom stereocenters. The van der Waals surface area contributed by atoms with Gasteiger partial charge >= 0.3 is 0 Å². The summed E-state index contributed by atoms with van der Waals surface area (Å²) in [6.07, 6.45) is 8.70. The molecule has 1 aromatic heterocycles. The molecule has 0 spiro atoms. The van der Waals surface area contributed by atoms with E-state index in [1.165, 1.54) is 0 Å². The third-order valence-electron chi connectivity index (χ3n) is 11.6. The number of sulfonamides is 1. The predicted molar refractivity (Wildman–Crippen MR) is 217 cm³/mol. The van der Waals surface area contributed by atoms with Gasteiger partial charge in [-0.05, 0) is 56.2 Å². The Bertz CT molecular complexity index is 2270. The summed E-state index contributed by atoms with van der Waals surface area (Å²) < 4.78 is 40.4. The first-order valence-corrected chi connectivity index (χ1v) is 21.5. The van der Waals surface area contributed by atoms with Crippen molar-refractivity contribution in [3.05, 3.63) is 103 Å². The summed E-state index contributed by atoms with van der Waals surface area (Å²) in [5.41, 5.74) is 1.85. The number of hydrogen-bond acceptors (Lipinski definition) is 9. The number of methoxy groups -OCH3 is 1. The molecule has 12 nitrogen and oxygen atoms in total. The van der Waals surface area contributed by atoms with E-state index < -0.39 is 50.8 Å². The molecule has 3 amide bonds. The monoisotopic (exact) mass is 791 g/mol. The minimum Gasteiger partial charge on any atom is -0.497 e. The number of pyridine rings is 1. The van der Waals surface area contributed by atoms with Gasteiger partial charge in [0.25, 0.3) is 5.91 Å². The number of ether oxygens (including phenoxy) is 2. The Kier molecular flexibility index (Phi) is 11.0. The van der Waals surface area contributed by atoms with Crippen molar-refractivity contribution in [3.8, 4) is 22.8 Å². The number of nitrogens with zero attached hydrogens (tertiary/aromatic N) is 2. The van der Waals surface area contributed by atoms with E-state index in [1.54, 1.807) is 12.0 Å². The van der Waals surface area contributed by atoms with Crippen molar-refractivity contribution >= 4 is 38.6 Å². The Morgan fingerprint density at radius 2 is 1.74 bits per heavy atom. The van der Waals surface area contributed by atoms with Gasteiger partial charge in [0.2, 0.25) is 21.8 Å². The van der Waals surface area contributed by atoms with E-state index in [0.29, 0.717) is 48.5 Å². The molecule has 13 heteroatoms. The van der Waals surface area contributed by atoms with Crippen molar-refractivity contribution < 1.29 is 32.3 Å². The number of allylic oxidation sites excluding steroid dienone is 1. The van der Waals surface area contributed by atoms with Crippen LogP contribution in [0.2, 0.25) is 0 Å². The fourth-order valence-corrected chi connectivity index (χ4v) is 9.44. The van der Waals surface area contributed by atoms with Gasteiger partial charge in [-0.25, -0.2) is 13.4 Å². The zero-order chi connectivity index (χ0) is 39.6. The molecule has 3 aromatic carbocycles. The number of nitrogens with one attached hydrogen (secondary N) is 3. The minimum atomic E-state index is -3.86. The summed E-state index contributed by atoms with van der Waals surface area (Å²) in [6, 6.07) is 25.5. The summed E-state index contributed by atoms with van der Waals surface area (Å²) in [7, 11) is -2.26. The first-order valence-electron chi connectivity index (χ1n) is 20.0. The van der Waals surface area contributed by atoms with E-state index in [0.717, 1.165) is 42.2 Å².